The van der Waals surface area contributed by atoms with Crippen molar-refractivity contribution >= 4 is 58.9 Å². The summed E-state index contributed by atoms with van der Waals surface area (Å²) in [5.41, 5.74) is 1.70. The molecule has 1 saturated heterocycles. The normalized spacial score (nSPS) is 17.6. The topological polar surface area (TPSA) is 349 Å². The highest BCUT2D eigenvalue weighted by molar-refractivity contribution is 6.00. The van der Waals surface area contributed by atoms with Gasteiger partial charge in [-0.05, 0) is 105 Å². The fourth-order valence-electron chi connectivity index (χ4n) is 9.35. The van der Waals surface area contributed by atoms with Gasteiger partial charge in [0, 0.05) is 38.5 Å². The number of hydrogen-bond donors (Lipinski definition) is 12. The number of amides is 9. The number of nitrogens with one attached hydrogen (secondary N) is 9. The predicted octanol–water partition coefficient (Wildman–Crippen LogP) is 2.02. The lowest BCUT2D eigenvalue weighted by atomic mass is 9.92. The molecule has 23 heteroatoms. The lowest BCUT2D eigenvalue weighted by Gasteiger charge is -2.35. The number of aliphatic hydroxyl groups is 2. The first-order valence-corrected chi connectivity index (χ1v) is 29.8. The summed E-state index contributed by atoms with van der Waals surface area (Å²) in [6.45, 7) is 25.7. The Hall–Kier alpha value is -5.26. The van der Waals surface area contributed by atoms with Crippen molar-refractivity contribution in [3.8, 4) is 0 Å². The van der Waals surface area contributed by atoms with E-state index < -0.39 is 124 Å². The van der Waals surface area contributed by atoms with Gasteiger partial charge in [-0.25, -0.2) is 0 Å². The van der Waals surface area contributed by atoms with E-state index in [0.717, 1.165) is 38.5 Å². The number of unbranched alkanes of at least 4 members (excludes halogenated alkanes) is 5. The Morgan fingerprint density at radius 2 is 1.17 bits per heavy atom. The monoisotopic (exact) mass is 1150 g/mol. The van der Waals surface area contributed by atoms with Gasteiger partial charge in [-0.1, -0.05) is 99.8 Å². The number of hydrogen-bond acceptors (Lipinski definition) is 14. The molecule has 23 nitrogen and oxygen atoms in total. The average Bonchev–Trinajstić information content (AvgIpc) is 3.89. The molecule has 1 fully saturated rings. The van der Waals surface area contributed by atoms with Gasteiger partial charge in [0.25, 0.3) is 0 Å². The Morgan fingerprint density at radius 3 is 1.75 bits per heavy atom. The number of nitrogens with two attached hydrogens (primary N) is 1. The molecule has 0 bridgehead atoms. The zero-order valence-electron chi connectivity index (χ0n) is 51.8. The Morgan fingerprint density at radius 1 is 0.630 bits per heavy atom. The lowest BCUT2D eigenvalue weighted by molar-refractivity contribution is -0.141. The average molecular weight is 1150 g/mol. The zero-order chi connectivity index (χ0) is 62.0. The third-order valence-electron chi connectivity index (χ3n) is 15.3. The van der Waals surface area contributed by atoms with Gasteiger partial charge in [0.2, 0.25) is 53.2 Å². The van der Waals surface area contributed by atoms with Crippen LogP contribution in [0.4, 0.5) is 0 Å². The summed E-state index contributed by atoms with van der Waals surface area (Å²) in [6, 6.07) is -6.91. The minimum atomic E-state index is -1.69. The van der Waals surface area contributed by atoms with Gasteiger partial charge < -0.3 is 68.7 Å². The summed E-state index contributed by atoms with van der Waals surface area (Å²) in [6.07, 6.45) is 7.72. The lowest BCUT2D eigenvalue weighted by Crippen LogP contribution is -2.66. The molecular weight excluding hydrogens is 1040 g/mol. The van der Waals surface area contributed by atoms with Crippen LogP contribution in [0.15, 0.2) is 0 Å². The molecule has 11 atom stereocenters. The van der Waals surface area contributed by atoms with Gasteiger partial charge in [-0.2, -0.15) is 0 Å². The number of rotatable bonds is 39. The Labute approximate surface area is 483 Å². The molecule has 13 N–H and O–H groups in total. The van der Waals surface area contributed by atoms with Gasteiger partial charge >= 0.3 is 0 Å². The Kier molecular flexibility index (Phi) is 32.5. The fourth-order valence-corrected chi connectivity index (χ4v) is 9.35. The van der Waals surface area contributed by atoms with Crippen LogP contribution < -0.4 is 53.6 Å². The number of nitrogens with zero attached hydrogens (tertiary/aromatic N) is 1. The second-order valence-corrected chi connectivity index (χ2v) is 24.3. The molecule has 0 aliphatic carbocycles. The van der Waals surface area contributed by atoms with Crippen molar-refractivity contribution in [2.24, 2.45) is 23.5 Å². The number of aliphatic hydroxyl groups excluding tert-OH is 2. The number of carbonyl (C=O) groups excluding carboxylic acids is 10. The molecule has 0 spiro atoms. The van der Waals surface area contributed by atoms with Gasteiger partial charge in [-0.15, -0.1) is 0 Å². The molecule has 1 aliphatic rings. The maximum absolute atomic E-state index is 14.2. The molecule has 0 saturated carbocycles. The van der Waals surface area contributed by atoms with E-state index in [4.69, 9.17) is 10.8 Å². The summed E-state index contributed by atoms with van der Waals surface area (Å²) in [5.74, 6) is -7.20. The van der Waals surface area contributed by atoms with Gasteiger partial charge in [0.05, 0.1) is 18.8 Å². The molecule has 0 radical (unpaired) electrons. The third kappa shape index (κ3) is 25.4. The van der Waals surface area contributed by atoms with E-state index in [0.29, 0.717) is 51.7 Å². The van der Waals surface area contributed by atoms with E-state index in [2.05, 4.69) is 54.8 Å². The van der Waals surface area contributed by atoms with Gasteiger partial charge in [0.1, 0.15) is 52.6 Å². The van der Waals surface area contributed by atoms with Crippen LogP contribution in [0.3, 0.4) is 0 Å². The predicted molar refractivity (Wildman–Crippen MR) is 312 cm³/mol. The van der Waals surface area contributed by atoms with Crippen molar-refractivity contribution in [3.05, 3.63) is 0 Å². The summed E-state index contributed by atoms with van der Waals surface area (Å²) >= 11 is 0. The van der Waals surface area contributed by atoms with E-state index in [1.54, 1.807) is 34.6 Å². The molecule has 81 heavy (non-hydrogen) atoms. The quantitative estimate of drug-likeness (QED) is 0.0392. The van der Waals surface area contributed by atoms with Gasteiger partial charge in [0.15, 0.2) is 0 Å². The van der Waals surface area contributed by atoms with Gasteiger partial charge in [-0.3, -0.25) is 47.9 Å². The first kappa shape index (κ1) is 73.8. The largest absolute Gasteiger partial charge is 0.395 e. The van der Waals surface area contributed by atoms with Crippen LogP contribution in [0.2, 0.25) is 0 Å². The standard InChI is InChI=1S/C58H107N11O12/c1-16-20-21-22-23-24-26-42(59)52(78)69-29-25-27-44(69)49(75)63-43(32-35(5)31-41(72)33-40(71)19-4)48(74)62-39(9)47(73)66-56(10,11)54(80)65-45(36(6)17-2)50(76)64-46(37(7)18-3)51(77)67-58(14,15)55(81)68-57(12,13)53(79)61-38(8)34-60-28-30-70/h35-39,41-46,60,70,72H,16-34,59H2,1-15H3,(H,61,79)(H,62,74)(H,63,75)(H,64,76)(H,65,80)(H,66,73)(H,67,77)(H,68,81)/t35?,36-,37-,38?,39-,41?,42-,43-,44-,45-,46-/m0/s1. The molecular formula is C58H107N11O12. The minimum absolute atomic E-state index is 0.00553. The Bertz CT molecular complexity index is 2070. The molecule has 1 aliphatic heterocycles. The minimum Gasteiger partial charge on any atom is -0.395 e. The molecule has 1 rings (SSSR count). The van der Waals surface area contributed by atoms with Crippen molar-refractivity contribution in [1.29, 1.82) is 0 Å². The molecule has 9 amide bonds. The maximum Gasteiger partial charge on any atom is 0.246 e. The molecule has 0 aromatic heterocycles. The third-order valence-corrected chi connectivity index (χ3v) is 15.3. The number of ketones is 1. The van der Waals surface area contributed by atoms with E-state index in [-0.39, 0.29) is 50.0 Å². The second-order valence-electron chi connectivity index (χ2n) is 24.3. The summed E-state index contributed by atoms with van der Waals surface area (Å²) in [5, 5.41) is 44.6. The van der Waals surface area contributed by atoms with E-state index in [1.807, 2.05) is 13.8 Å². The van der Waals surface area contributed by atoms with Crippen molar-refractivity contribution in [3.63, 3.8) is 0 Å². The van der Waals surface area contributed by atoms with Crippen LogP contribution in [0.25, 0.3) is 0 Å². The zero-order valence-corrected chi connectivity index (χ0v) is 51.8. The van der Waals surface area contributed by atoms with Crippen molar-refractivity contribution in [1.82, 2.24) is 52.8 Å². The summed E-state index contributed by atoms with van der Waals surface area (Å²) in [4.78, 5) is 138. The fraction of sp³-hybridized carbons (Fsp3) is 0.828. The molecule has 0 aromatic rings. The molecule has 1 heterocycles. The summed E-state index contributed by atoms with van der Waals surface area (Å²) < 4.78 is 0. The Balaban J connectivity index is 3.26. The number of carbonyl (C=O) groups is 10. The molecule has 0 aromatic carbocycles. The SMILES string of the molecule is CCCCCCCC[C@H](N)C(=O)N1CCC[C@H]1C(=O)N[C@@H](CC(C)CC(O)CC(=O)CC)C(=O)N[C@@H](C)C(=O)NC(C)(C)C(=O)N[C@H](C(=O)N[C@H](C(=O)NC(C)(C)C(=O)NC(C)(C)C(=O)NC(C)CNCCO)[C@@H](C)CC)[C@@H](C)CC. The first-order valence-electron chi connectivity index (χ1n) is 29.8. The number of Topliss-reactive ketones (excluding diaryl/α,β-unsaturated/α-hetero) is 1. The smallest absolute Gasteiger partial charge is 0.246 e. The highest BCUT2D eigenvalue weighted by Gasteiger charge is 2.42. The van der Waals surface area contributed by atoms with E-state index in [9.17, 15) is 53.1 Å². The highest BCUT2D eigenvalue weighted by Crippen LogP contribution is 2.23. The van der Waals surface area contributed by atoms with Crippen molar-refractivity contribution < 1.29 is 58.2 Å². The molecule has 3 unspecified atom stereocenters. The van der Waals surface area contributed by atoms with Crippen molar-refractivity contribution in [2.75, 3.05) is 26.2 Å². The second kappa shape index (κ2) is 35.7. The van der Waals surface area contributed by atoms with Crippen molar-refractivity contribution in [2.45, 2.75) is 265 Å². The highest BCUT2D eigenvalue weighted by atomic mass is 16.3. The van der Waals surface area contributed by atoms with Crippen LogP contribution in [-0.2, 0) is 47.9 Å². The van der Waals surface area contributed by atoms with E-state index >= 15 is 0 Å². The maximum atomic E-state index is 14.2. The van der Waals surface area contributed by atoms with Crippen LogP contribution in [0.1, 0.15) is 200 Å². The summed E-state index contributed by atoms with van der Waals surface area (Å²) in [7, 11) is 0. The number of likely N-dealkylation sites (tertiary alicyclic amines) is 1. The molecule has 466 valence electrons. The first-order chi connectivity index (χ1) is 37.7. The van der Waals surface area contributed by atoms with Crippen LogP contribution in [0.5, 0.6) is 0 Å². The van der Waals surface area contributed by atoms with Crippen LogP contribution in [-0.4, -0.2) is 165 Å². The van der Waals surface area contributed by atoms with Crippen LogP contribution >= 0.6 is 0 Å². The van der Waals surface area contributed by atoms with E-state index in [1.165, 1.54) is 53.4 Å². The van der Waals surface area contributed by atoms with Crippen LogP contribution in [0, 0.1) is 17.8 Å².